The van der Waals surface area contributed by atoms with Gasteiger partial charge in [0.1, 0.15) is 0 Å². The maximum absolute atomic E-state index is 11.1. The van der Waals surface area contributed by atoms with Crippen LogP contribution in [0.25, 0.3) is 0 Å². The normalized spacial score (nSPS) is 25.6. The van der Waals surface area contributed by atoms with Crippen LogP contribution in [0.1, 0.15) is 65.7 Å². The summed E-state index contributed by atoms with van der Waals surface area (Å²) in [5.41, 5.74) is 0.573. The third-order valence-electron chi connectivity index (χ3n) is 5.05. The summed E-state index contributed by atoms with van der Waals surface area (Å²) >= 11 is 0. The van der Waals surface area contributed by atoms with Gasteiger partial charge in [0.05, 0.1) is 6.42 Å². The van der Waals surface area contributed by atoms with Crippen LogP contribution in [-0.2, 0) is 4.79 Å². The summed E-state index contributed by atoms with van der Waals surface area (Å²) in [4.78, 5) is 13.5. The van der Waals surface area contributed by atoms with Gasteiger partial charge < -0.3 is 5.11 Å². The standard InChI is InChI=1S/C16H29NO2/c1-15(2,3)13(10-14(18)19)17-11-16(12-17)8-6-4-5-7-9-16/h13H,4-12H2,1-3H3,(H,18,19). The molecule has 3 heteroatoms. The third-order valence-corrected chi connectivity index (χ3v) is 5.05. The van der Waals surface area contributed by atoms with Crippen molar-refractivity contribution in [1.82, 2.24) is 4.90 Å². The maximum Gasteiger partial charge on any atom is 0.304 e. The molecule has 110 valence electrons. The topological polar surface area (TPSA) is 40.5 Å². The molecule has 2 fully saturated rings. The molecule has 0 radical (unpaired) electrons. The fourth-order valence-electron chi connectivity index (χ4n) is 3.98. The lowest BCUT2D eigenvalue weighted by molar-refractivity contribution is -0.143. The van der Waals surface area contributed by atoms with Crippen molar-refractivity contribution in [3.8, 4) is 0 Å². The zero-order valence-electron chi connectivity index (χ0n) is 12.7. The Balaban J connectivity index is 1.97. The van der Waals surface area contributed by atoms with E-state index >= 15 is 0 Å². The van der Waals surface area contributed by atoms with Gasteiger partial charge in [-0.1, -0.05) is 46.5 Å². The molecule has 1 saturated carbocycles. The van der Waals surface area contributed by atoms with Crippen molar-refractivity contribution in [3.05, 3.63) is 0 Å². The minimum Gasteiger partial charge on any atom is -0.481 e. The van der Waals surface area contributed by atoms with E-state index in [1.165, 1.54) is 38.5 Å². The highest BCUT2D eigenvalue weighted by atomic mass is 16.4. The highest BCUT2D eigenvalue weighted by Crippen LogP contribution is 2.46. The number of hydrogen-bond donors (Lipinski definition) is 1. The molecule has 1 saturated heterocycles. The van der Waals surface area contributed by atoms with Crippen LogP contribution >= 0.6 is 0 Å². The molecule has 0 bridgehead atoms. The van der Waals surface area contributed by atoms with E-state index in [2.05, 4.69) is 25.7 Å². The van der Waals surface area contributed by atoms with Crippen LogP contribution in [0.2, 0.25) is 0 Å². The molecule has 19 heavy (non-hydrogen) atoms. The summed E-state index contributed by atoms with van der Waals surface area (Å²) in [5.74, 6) is -0.665. The third kappa shape index (κ3) is 3.50. The molecular weight excluding hydrogens is 238 g/mol. The van der Waals surface area contributed by atoms with Gasteiger partial charge in [-0.05, 0) is 23.7 Å². The summed E-state index contributed by atoms with van der Waals surface area (Å²) in [6.45, 7) is 8.75. The fourth-order valence-corrected chi connectivity index (χ4v) is 3.98. The lowest BCUT2D eigenvalue weighted by Crippen LogP contribution is -2.62. The number of carboxylic acids is 1. The number of likely N-dealkylation sites (tertiary alicyclic amines) is 1. The predicted octanol–water partition coefficient (Wildman–Crippen LogP) is 3.53. The van der Waals surface area contributed by atoms with Gasteiger partial charge in [0.25, 0.3) is 0 Å². The van der Waals surface area contributed by atoms with E-state index in [4.69, 9.17) is 5.11 Å². The van der Waals surface area contributed by atoms with Crippen LogP contribution < -0.4 is 0 Å². The van der Waals surface area contributed by atoms with Gasteiger partial charge in [-0.2, -0.15) is 0 Å². The molecule has 1 aliphatic carbocycles. The Labute approximate surface area is 117 Å². The quantitative estimate of drug-likeness (QED) is 0.850. The van der Waals surface area contributed by atoms with Crippen molar-refractivity contribution in [2.24, 2.45) is 10.8 Å². The van der Waals surface area contributed by atoms with Gasteiger partial charge in [0, 0.05) is 19.1 Å². The van der Waals surface area contributed by atoms with E-state index in [9.17, 15) is 4.79 Å². The first-order chi connectivity index (χ1) is 8.82. The second-order valence-corrected chi connectivity index (χ2v) is 7.80. The lowest BCUT2D eigenvalue weighted by atomic mass is 9.70. The molecule has 1 atom stereocenters. The smallest absolute Gasteiger partial charge is 0.304 e. The minimum absolute atomic E-state index is 0.0464. The van der Waals surface area contributed by atoms with Crippen molar-refractivity contribution < 1.29 is 9.90 Å². The molecular formula is C16H29NO2. The fraction of sp³-hybridized carbons (Fsp3) is 0.938. The number of hydrogen-bond acceptors (Lipinski definition) is 2. The number of carboxylic acid groups (broad SMARTS) is 1. The summed E-state index contributed by atoms with van der Waals surface area (Å²) < 4.78 is 0. The SMILES string of the molecule is CC(C)(C)C(CC(=O)O)N1CC2(CCCCCC2)C1. The number of rotatable bonds is 3. The molecule has 1 unspecified atom stereocenters. The Morgan fingerprint density at radius 2 is 1.68 bits per heavy atom. The molecule has 0 amide bonds. The van der Waals surface area contributed by atoms with E-state index in [1.54, 1.807) is 0 Å². The van der Waals surface area contributed by atoms with Crippen LogP contribution in [0.4, 0.5) is 0 Å². The van der Waals surface area contributed by atoms with E-state index in [0.717, 1.165) is 13.1 Å². The molecule has 1 N–H and O–H groups in total. The highest BCUT2D eigenvalue weighted by molar-refractivity contribution is 5.67. The van der Waals surface area contributed by atoms with Gasteiger partial charge in [-0.3, -0.25) is 9.69 Å². The maximum atomic E-state index is 11.1. The number of carbonyl (C=O) groups is 1. The Morgan fingerprint density at radius 3 is 2.11 bits per heavy atom. The number of aliphatic carboxylic acids is 1. The monoisotopic (exact) mass is 267 g/mol. The summed E-state index contributed by atoms with van der Waals surface area (Å²) in [7, 11) is 0. The molecule has 2 aliphatic rings. The predicted molar refractivity (Wildman–Crippen MR) is 77.2 cm³/mol. The van der Waals surface area contributed by atoms with Gasteiger partial charge in [-0.15, -0.1) is 0 Å². The Kier molecular flexibility index (Phi) is 4.24. The van der Waals surface area contributed by atoms with Crippen LogP contribution in [-0.4, -0.2) is 35.1 Å². The Morgan fingerprint density at radius 1 is 1.16 bits per heavy atom. The van der Waals surface area contributed by atoms with Gasteiger partial charge >= 0.3 is 5.97 Å². The molecule has 0 aromatic carbocycles. The van der Waals surface area contributed by atoms with E-state index in [1.807, 2.05) is 0 Å². The van der Waals surface area contributed by atoms with Gasteiger partial charge in [0.15, 0.2) is 0 Å². The van der Waals surface area contributed by atoms with Gasteiger partial charge in [-0.25, -0.2) is 0 Å². The summed E-state index contributed by atoms with van der Waals surface area (Å²) in [6, 6.07) is 0.180. The first-order valence-electron chi connectivity index (χ1n) is 7.78. The molecule has 2 rings (SSSR count). The van der Waals surface area contributed by atoms with E-state index < -0.39 is 5.97 Å². The van der Waals surface area contributed by atoms with Crippen LogP contribution in [0.15, 0.2) is 0 Å². The molecule has 3 nitrogen and oxygen atoms in total. The van der Waals surface area contributed by atoms with Crippen LogP contribution in [0, 0.1) is 10.8 Å². The van der Waals surface area contributed by atoms with Crippen molar-refractivity contribution >= 4 is 5.97 Å². The second kappa shape index (κ2) is 5.43. The van der Waals surface area contributed by atoms with E-state index in [0.29, 0.717) is 5.41 Å². The zero-order valence-corrected chi connectivity index (χ0v) is 12.7. The minimum atomic E-state index is -0.665. The molecule has 0 aromatic heterocycles. The largest absolute Gasteiger partial charge is 0.481 e. The first-order valence-corrected chi connectivity index (χ1v) is 7.78. The molecule has 1 spiro atoms. The van der Waals surface area contributed by atoms with Crippen molar-refractivity contribution in [2.45, 2.75) is 71.8 Å². The molecule has 1 heterocycles. The van der Waals surface area contributed by atoms with Crippen LogP contribution in [0.5, 0.6) is 0 Å². The summed E-state index contributed by atoms with van der Waals surface area (Å²) in [5, 5.41) is 9.14. The Bertz CT molecular complexity index is 316. The molecule has 0 aromatic rings. The van der Waals surface area contributed by atoms with Crippen molar-refractivity contribution in [3.63, 3.8) is 0 Å². The molecule has 1 aliphatic heterocycles. The zero-order chi connectivity index (χ0) is 14.1. The average Bonchev–Trinajstić information content (AvgIpc) is 2.47. The Hall–Kier alpha value is -0.570. The summed E-state index contributed by atoms with van der Waals surface area (Å²) in [6.07, 6.45) is 8.50. The first kappa shape index (κ1) is 14.8. The highest BCUT2D eigenvalue weighted by Gasteiger charge is 2.47. The van der Waals surface area contributed by atoms with Crippen molar-refractivity contribution in [2.75, 3.05) is 13.1 Å². The van der Waals surface area contributed by atoms with E-state index in [-0.39, 0.29) is 17.9 Å². The van der Waals surface area contributed by atoms with Crippen LogP contribution in [0.3, 0.4) is 0 Å². The lowest BCUT2D eigenvalue weighted by Gasteiger charge is -2.56. The number of nitrogens with zero attached hydrogens (tertiary/aromatic N) is 1. The van der Waals surface area contributed by atoms with Crippen molar-refractivity contribution in [1.29, 1.82) is 0 Å². The van der Waals surface area contributed by atoms with Gasteiger partial charge in [0.2, 0.25) is 0 Å². The second-order valence-electron chi connectivity index (χ2n) is 7.80. The average molecular weight is 267 g/mol.